The molecule has 6 heteroatoms. The summed E-state index contributed by atoms with van der Waals surface area (Å²) in [6, 6.07) is 9.58. The topological polar surface area (TPSA) is 37.4 Å². The number of ketones is 1. The fraction of sp³-hybridized carbons (Fsp3) is 0.0667. The van der Waals surface area contributed by atoms with Gasteiger partial charge in [0.1, 0.15) is 5.82 Å². The highest BCUT2D eigenvalue weighted by Gasteiger charge is 2.37. The molecule has 0 aromatic heterocycles. The Morgan fingerprint density at radius 2 is 1.86 bits per heavy atom. The molecule has 3 nitrogen and oxygen atoms in total. The van der Waals surface area contributed by atoms with Crippen LogP contribution in [0, 0.1) is 5.82 Å². The highest BCUT2D eigenvalue weighted by atomic mass is 79.9. The smallest absolute Gasteiger partial charge is 0.299 e. The van der Waals surface area contributed by atoms with Crippen LogP contribution in [0.3, 0.4) is 0 Å². The number of nitrogens with zero attached hydrogens (tertiary/aromatic N) is 1. The second-order valence-electron chi connectivity index (χ2n) is 4.63. The summed E-state index contributed by atoms with van der Waals surface area (Å²) >= 11 is 6.50. The van der Waals surface area contributed by atoms with E-state index in [9.17, 15) is 14.0 Å². The van der Waals surface area contributed by atoms with Crippen molar-refractivity contribution in [3.63, 3.8) is 0 Å². The van der Waals surface area contributed by atoms with Crippen molar-refractivity contribution in [3.05, 3.63) is 62.3 Å². The van der Waals surface area contributed by atoms with E-state index in [0.29, 0.717) is 25.8 Å². The Hall–Kier alpha value is -1.53. The Labute approximate surface area is 137 Å². The second kappa shape index (κ2) is 5.35. The largest absolute Gasteiger partial charge is 0.300 e. The highest BCUT2D eigenvalue weighted by Crippen LogP contribution is 2.35. The number of carbonyl (C=O) groups is 2. The van der Waals surface area contributed by atoms with Gasteiger partial charge >= 0.3 is 0 Å². The van der Waals surface area contributed by atoms with Crippen molar-refractivity contribution < 1.29 is 14.0 Å². The Morgan fingerprint density at radius 1 is 1.10 bits per heavy atom. The monoisotopic (exact) mass is 411 g/mol. The zero-order chi connectivity index (χ0) is 15.1. The summed E-state index contributed by atoms with van der Waals surface area (Å²) in [5.41, 5.74) is 1.51. The molecule has 0 atom stereocenters. The Kier molecular flexibility index (Phi) is 3.67. The van der Waals surface area contributed by atoms with E-state index in [1.807, 2.05) is 0 Å². The van der Waals surface area contributed by atoms with Gasteiger partial charge in [0.15, 0.2) is 0 Å². The Morgan fingerprint density at radius 3 is 2.57 bits per heavy atom. The molecule has 2 aromatic rings. The number of benzene rings is 2. The lowest BCUT2D eigenvalue weighted by Gasteiger charge is -2.17. The molecule has 0 saturated carbocycles. The minimum absolute atomic E-state index is 0.143. The van der Waals surface area contributed by atoms with E-state index >= 15 is 0 Å². The lowest BCUT2D eigenvalue weighted by atomic mass is 10.1. The molecule has 0 saturated heterocycles. The van der Waals surface area contributed by atoms with E-state index in [1.54, 1.807) is 24.3 Å². The molecule has 0 fully saturated rings. The molecular weight excluding hydrogens is 405 g/mol. The van der Waals surface area contributed by atoms with Crippen molar-refractivity contribution in [2.45, 2.75) is 6.54 Å². The number of hydrogen-bond donors (Lipinski definition) is 0. The fourth-order valence-corrected chi connectivity index (χ4v) is 3.39. The van der Waals surface area contributed by atoms with Crippen LogP contribution in [0.5, 0.6) is 0 Å². The minimum Gasteiger partial charge on any atom is -0.300 e. The van der Waals surface area contributed by atoms with Gasteiger partial charge in [-0.2, -0.15) is 0 Å². The highest BCUT2D eigenvalue weighted by molar-refractivity contribution is 9.10. The van der Waals surface area contributed by atoms with Gasteiger partial charge in [-0.05, 0) is 51.8 Å². The molecule has 21 heavy (non-hydrogen) atoms. The summed E-state index contributed by atoms with van der Waals surface area (Å²) < 4.78 is 14.6. The summed E-state index contributed by atoms with van der Waals surface area (Å²) in [5, 5.41) is 0. The third kappa shape index (κ3) is 2.53. The van der Waals surface area contributed by atoms with Crippen LogP contribution in [0.15, 0.2) is 45.3 Å². The number of Topliss-reactive ketones (excluding diaryl/α,β-unsaturated/α-hetero) is 1. The predicted octanol–water partition coefficient (Wildman–Crippen LogP) is 4.08. The summed E-state index contributed by atoms with van der Waals surface area (Å²) in [5.74, 6) is -1.54. The van der Waals surface area contributed by atoms with Crippen molar-refractivity contribution in [2.75, 3.05) is 4.90 Å². The summed E-state index contributed by atoms with van der Waals surface area (Å²) in [6.45, 7) is 0.143. The number of anilines is 1. The van der Waals surface area contributed by atoms with Crippen molar-refractivity contribution in [1.29, 1.82) is 0 Å². The van der Waals surface area contributed by atoms with Crippen LogP contribution in [0.1, 0.15) is 15.9 Å². The quantitative estimate of drug-likeness (QED) is 0.697. The zero-order valence-electron chi connectivity index (χ0n) is 10.6. The summed E-state index contributed by atoms with van der Waals surface area (Å²) in [6.07, 6.45) is 0. The summed E-state index contributed by atoms with van der Waals surface area (Å²) in [4.78, 5) is 25.6. The number of carbonyl (C=O) groups excluding carboxylic acids is 2. The van der Waals surface area contributed by atoms with Crippen LogP contribution >= 0.6 is 31.9 Å². The Balaban J connectivity index is 2.02. The number of hydrogen-bond acceptors (Lipinski definition) is 2. The van der Waals surface area contributed by atoms with E-state index in [1.165, 1.54) is 17.0 Å². The number of rotatable bonds is 2. The van der Waals surface area contributed by atoms with E-state index in [2.05, 4.69) is 31.9 Å². The van der Waals surface area contributed by atoms with Gasteiger partial charge in [0.25, 0.3) is 11.7 Å². The van der Waals surface area contributed by atoms with Crippen LogP contribution in [-0.2, 0) is 11.3 Å². The number of halogens is 3. The molecule has 1 heterocycles. The molecule has 1 aliphatic heterocycles. The molecule has 0 unspecified atom stereocenters. The van der Waals surface area contributed by atoms with Gasteiger partial charge in [-0.3, -0.25) is 9.59 Å². The average Bonchev–Trinajstić information content (AvgIpc) is 2.64. The lowest BCUT2D eigenvalue weighted by Crippen LogP contribution is -2.29. The number of amides is 1. The van der Waals surface area contributed by atoms with Crippen molar-refractivity contribution in [1.82, 2.24) is 0 Å². The third-order valence-electron chi connectivity index (χ3n) is 3.21. The van der Waals surface area contributed by atoms with Gasteiger partial charge in [-0.15, -0.1) is 0 Å². The van der Waals surface area contributed by atoms with E-state index in [4.69, 9.17) is 0 Å². The van der Waals surface area contributed by atoms with Crippen molar-refractivity contribution in [2.24, 2.45) is 0 Å². The first-order valence-corrected chi connectivity index (χ1v) is 7.65. The molecular formula is C15H8Br2FNO2. The minimum atomic E-state index is -0.600. The molecule has 2 aromatic carbocycles. The van der Waals surface area contributed by atoms with Gasteiger partial charge in [0.2, 0.25) is 0 Å². The lowest BCUT2D eigenvalue weighted by molar-refractivity contribution is -0.114. The van der Waals surface area contributed by atoms with Gasteiger partial charge < -0.3 is 4.90 Å². The van der Waals surface area contributed by atoms with Crippen molar-refractivity contribution in [3.8, 4) is 0 Å². The maximum atomic E-state index is 13.4. The zero-order valence-corrected chi connectivity index (χ0v) is 13.7. The average molecular weight is 413 g/mol. The van der Waals surface area contributed by atoms with Gasteiger partial charge in [-0.25, -0.2) is 4.39 Å². The standard InChI is InChI=1S/C15H8Br2FNO2/c16-9-4-8(5-10(18)6-9)7-19-12-3-1-2-11(17)13(12)14(20)15(19)21/h1-6H,7H2. The van der Waals surface area contributed by atoms with Gasteiger partial charge in [0.05, 0.1) is 17.8 Å². The maximum Gasteiger partial charge on any atom is 0.299 e. The molecule has 0 radical (unpaired) electrons. The van der Waals surface area contributed by atoms with E-state index < -0.39 is 17.5 Å². The first-order valence-electron chi connectivity index (χ1n) is 6.07. The molecule has 0 bridgehead atoms. The molecule has 106 valence electrons. The van der Waals surface area contributed by atoms with E-state index in [0.717, 1.165) is 0 Å². The fourth-order valence-electron chi connectivity index (χ4n) is 2.34. The predicted molar refractivity (Wildman–Crippen MR) is 83.8 cm³/mol. The molecule has 3 rings (SSSR count). The van der Waals surface area contributed by atoms with Gasteiger partial charge in [0, 0.05) is 8.95 Å². The van der Waals surface area contributed by atoms with Crippen LogP contribution in [0.25, 0.3) is 0 Å². The number of fused-ring (bicyclic) bond motifs is 1. The molecule has 0 N–H and O–H groups in total. The summed E-state index contributed by atoms with van der Waals surface area (Å²) in [7, 11) is 0. The van der Waals surface area contributed by atoms with Crippen LogP contribution in [-0.4, -0.2) is 11.7 Å². The van der Waals surface area contributed by atoms with Crippen LogP contribution < -0.4 is 4.90 Å². The molecule has 1 amide bonds. The first kappa shape index (κ1) is 14.4. The van der Waals surface area contributed by atoms with Crippen molar-refractivity contribution >= 4 is 49.2 Å². The Bertz CT molecular complexity index is 756. The SMILES string of the molecule is O=C1C(=O)N(Cc2cc(F)cc(Br)c2)c2cccc(Br)c21. The van der Waals surface area contributed by atoms with Crippen LogP contribution in [0.2, 0.25) is 0 Å². The first-order chi connectivity index (χ1) is 9.97. The maximum absolute atomic E-state index is 13.4. The van der Waals surface area contributed by atoms with Crippen LogP contribution in [0.4, 0.5) is 10.1 Å². The third-order valence-corrected chi connectivity index (χ3v) is 4.33. The van der Waals surface area contributed by atoms with Gasteiger partial charge in [-0.1, -0.05) is 22.0 Å². The second-order valence-corrected chi connectivity index (χ2v) is 6.40. The molecule has 0 spiro atoms. The normalized spacial score (nSPS) is 13.8. The molecule has 1 aliphatic rings. The van der Waals surface area contributed by atoms with E-state index in [-0.39, 0.29) is 6.54 Å². The molecule has 0 aliphatic carbocycles.